The predicted octanol–water partition coefficient (Wildman–Crippen LogP) is 3.54. The van der Waals surface area contributed by atoms with E-state index in [1.165, 1.54) is 11.1 Å². The fourth-order valence-corrected chi connectivity index (χ4v) is 1.06. The van der Waals surface area contributed by atoms with Gasteiger partial charge in [-0.15, -0.1) is 24.2 Å². The van der Waals surface area contributed by atoms with Crippen LogP contribution in [0.15, 0.2) is 11.1 Å². The van der Waals surface area contributed by atoms with Gasteiger partial charge in [-0.05, 0) is 33.6 Å². The molecule has 0 radical (unpaired) electrons. The summed E-state index contributed by atoms with van der Waals surface area (Å²) in [4.78, 5) is 0. The van der Waals surface area contributed by atoms with E-state index in [9.17, 15) is 0 Å². The van der Waals surface area contributed by atoms with Crippen LogP contribution in [0.5, 0.6) is 0 Å². The van der Waals surface area contributed by atoms with Crippen molar-refractivity contribution in [1.29, 1.82) is 0 Å². The van der Waals surface area contributed by atoms with Gasteiger partial charge in [-0.3, -0.25) is 0 Å². The molecule has 0 unspecified atom stereocenters. The van der Waals surface area contributed by atoms with Crippen LogP contribution in [0, 0.1) is 24.2 Å². The van der Waals surface area contributed by atoms with E-state index < -0.39 is 0 Å². The minimum absolute atomic E-state index is 0.850. The van der Waals surface area contributed by atoms with Crippen molar-refractivity contribution in [3.8, 4) is 24.2 Å². The first-order valence-electron chi connectivity index (χ1n) is 4.70. The average molecular weight is 174 g/mol. The highest BCUT2D eigenvalue weighted by molar-refractivity contribution is 5.12. The van der Waals surface area contributed by atoms with Crippen LogP contribution in [0.3, 0.4) is 0 Å². The van der Waals surface area contributed by atoms with Crippen molar-refractivity contribution in [2.75, 3.05) is 0 Å². The molecule has 0 aliphatic rings. The maximum Gasteiger partial charge on any atom is 0.0126 e. The second-order valence-electron chi connectivity index (χ2n) is 3.19. The van der Waals surface area contributed by atoms with Crippen molar-refractivity contribution >= 4 is 0 Å². The third-order valence-electron chi connectivity index (χ3n) is 2.17. The summed E-state index contributed by atoms with van der Waals surface area (Å²) in [6, 6.07) is 0. The van der Waals surface area contributed by atoms with Gasteiger partial charge in [0.15, 0.2) is 0 Å². The molecule has 0 heteroatoms. The van der Waals surface area contributed by atoms with E-state index in [2.05, 4.69) is 31.6 Å². The van der Waals surface area contributed by atoms with Gasteiger partial charge in [0, 0.05) is 12.8 Å². The molecule has 0 saturated heterocycles. The van der Waals surface area contributed by atoms with E-state index in [0.717, 1.165) is 25.7 Å². The Bertz CT molecular complexity index is 263. The summed E-state index contributed by atoms with van der Waals surface area (Å²) in [6.07, 6.45) is 9.13. The van der Waals surface area contributed by atoms with Gasteiger partial charge in [-0.2, -0.15) is 0 Å². The normalized spacial score (nSPS) is 10.9. The Labute approximate surface area is 82.4 Å². The van der Waals surface area contributed by atoms with Crippen LogP contribution in [-0.4, -0.2) is 0 Å². The smallest absolute Gasteiger partial charge is 0.0126 e. The van der Waals surface area contributed by atoms with Gasteiger partial charge >= 0.3 is 0 Å². The van der Waals surface area contributed by atoms with Crippen LogP contribution in [-0.2, 0) is 0 Å². The predicted molar refractivity (Wildman–Crippen MR) is 59.1 cm³/mol. The van der Waals surface area contributed by atoms with Crippen molar-refractivity contribution in [3.63, 3.8) is 0 Å². The highest BCUT2D eigenvalue weighted by Gasteiger charge is 1.95. The van der Waals surface area contributed by atoms with Crippen molar-refractivity contribution in [2.24, 2.45) is 0 Å². The molecule has 0 heterocycles. The largest absolute Gasteiger partial charge is 0.120 e. The van der Waals surface area contributed by atoms with Crippen molar-refractivity contribution in [1.82, 2.24) is 0 Å². The molecule has 0 bridgehead atoms. The summed E-state index contributed by atoms with van der Waals surface area (Å²) in [6.45, 7) is 6.21. The number of hydrogen-bond donors (Lipinski definition) is 0. The Morgan fingerprint density at radius 2 is 1.62 bits per heavy atom. The average Bonchev–Trinajstić information content (AvgIpc) is 2.14. The zero-order valence-electron chi connectivity index (χ0n) is 8.91. The first-order chi connectivity index (χ1) is 6.22. The van der Waals surface area contributed by atoms with Gasteiger partial charge in [-0.25, -0.2) is 0 Å². The first-order valence-corrected chi connectivity index (χ1v) is 4.70. The quantitative estimate of drug-likeness (QED) is 0.451. The number of allylic oxidation sites excluding steroid dienone is 2. The molecule has 0 aliphatic heterocycles. The Kier molecular flexibility index (Phi) is 6.85. The zero-order chi connectivity index (χ0) is 10.1. The summed E-state index contributed by atoms with van der Waals surface area (Å²) in [5.41, 5.74) is 2.87. The molecule has 0 nitrogen and oxygen atoms in total. The fraction of sp³-hybridized carbons (Fsp3) is 0.538. The SMILES string of the molecule is C#CCC/C(C)=C(\C)CCC#CC. The summed E-state index contributed by atoms with van der Waals surface area (Å²) >= 11 is 0. The van der Waals surface area contributed by atoms with Gasteiger partial charge in [0.25, 0.3) is 0 Å². The van der Waals surface area contributed by atoms with Crippen LogP contribution >= 0.6 is 0 Å². The molecule has 0 rings (SSSR count). The molecule has 0 atom stereocenters. The van der Waals surface area contributed by atoms with Crippen LogP contribution in [0.2, 0.25) is 0 Å². The van der Waals surface area contributed by atoms with Crippen molar-refractivity contribution < 1.29 is 0 Å². The standard InChI is InChI=1S/C13H18/c1-5-7-9-11-13(4)12(3)10-8-6-2/h2H,8-11H2,1,3-4H3/b13-12+. The molecular weight excluding hydrogens is 156 g/mol. The summed E-state index contributed by atoms with van der Waals surface area (Å²) < 4.78 is 0. The molecule has 0 aromatic rings. The molecule has 13 heavy (non-hydrogen) atoms. The van der Waals surface area contributed by atoms with Crippen LogP contribution in [0.1, 0.15) is 46.5 Å². The molecule has 0 amide bonds. The van der Waals surface area contributed by atoms with Gasteiger partial charge in [0.1, 0.15) is 0 Å². The third kappa shape index (κ3) is 6.06. The molecule has 0 aliphatic carbocycles. The Morgan fingerprint density at radius 1 is 1.08 bits per heavy atom. The van der Waals surface area contributed by atoms with E-state index >= 15 is 0 Å². The van der Waals surface area contributed by atoms with Crippen molar-refractivity contribution in [2.45, 2.75) is 46.5 Å². The van der Waals surface area contributed by atoms with Crippen LogP contribution in [0.25, 0.3) is 0 Å². The summed E-state index contributed by atoms with van der Waals surface area (Å²) in [7, 11) is 0. The zero-order valence-corrected chi connectivity index (χ0v) is 8.91. The lowest BCUT2D eigenvalue weighted by molar-refractivity contribution is 0.911. The third-order valence-corrected chi connectivity index (χ3v) is 2.17. The number of rotatable bonds is 4. The highest BCUT2D eigenvalue weighted by atomic mass is 14.0. The lowest BCUT2D eigenvalue weighted by Crippen LogP contribution is -1.84. The lowest BCUT2D eigenvalue weighted by Gasteiger charge is -2.03. The maximum absolute atomic E-state index is 5.20. The van der Waals surface area contributed by atoms with E-state index in [1.807, 2.05) is 6.92 Å². The van der Waals surface area contributed by atoms with Gasteiger partial charge in [0.2, 0.25) is 0 Å². The van der Waals surface area contributed by atoms with Crippen LogP contribution < -0.4 is 0 Å². The first kappa shape index (κ1) is 11.9. The second kappa shape index (κ2) is 7.51. The number of hydrogen-bond acceptors (Lipinski definition) is 0. The summed E-state index contributed by atoms with van der Waals surface area (Å²) in [5, 5.41) is 0. The monoisotopic (exact) mass is 174 g/mol. The molecule has 0 saturated carbocycles. The molecule has 0 aromatic carbocycles. The molecule has 0 N–H and O–H groups in total. The van der Waals surface area contributed by atoms with Crippen molar-refractivity contribution in [3.05, 3.63) is 11.1 Å². The Balaban J connectivity index is 3.94. The number of terminal acetylenes is 1. The molecular formula is C13H18. The minimum Gasteiger partial charge on any atom is -0.120 e. The summed E-state index contributed by atoms with van der Waals surface area (Å²) in [5.74, 6) is 8.62. The van der Waals surface area contributed by atoms with E-state index in [0.29, 0.717) is 0 Å². The Hall–Kier alpha value is -1.14. The highest BCUT2D eigenvalue weighted by Crippen LogP contribution is 2.14. The Morgan fingerprint density at radius 3 is 2.08 bits per heavy atom. The van der Waals surface area contributed by atoms with E-state index in [1.54, 1.807) is 0 Å². The fourth-order valence-electron chi connectivity index (χ4n) is 1.06. The van der Waals surface area contributed by atoms with E-state index in [-0.39, 0.29) is 0 Å². The topological polar surface area (TPSA) is 0 Å². The van der Waals surface area contributed by atoms with Gasteiger partial charge in [-0.1, -0.05) is 11.1 Å². The second-order valence-corrected chi connectivity index (χ2v) is 3.19. The molecule has 0 aromatic heterocycles. The van der Waals surface area contributed by atoms with E-state index in [4.69, 9.17) is 6.42 Å². The molecule has 70 valence electrons. The maximum atomic E-state index is 5.20. The molecule has 0 spiro atoms. The van der Waals surface area contributed by atoms with Crippen LogP contribution in [0.4, 0.5) is 0 Å². The lowest BCUT2D eigenvalue weighted by atomic mass is 10.0. The minimum atomic E-state index is 0.850. The molecule has 0 fully saturated rings. The van der Waals surface area contributed by atoms with Gasteiger partial charge in [0.05, 0.1) is 0 Å². The van der Waals surface area contributed by atoms with Gasteiger partial charge < -0.3 is 0 Å².